The van der Waals surface area contributed by atoms with E-state index in [1.807, 2.05) is 19.2 Å². The maximum Gasteiger partial charge on any atom is 0.160 e. The molecule has 1 aliphatic heterocycles. The number of rotatable bonds is 4. The minimum absolute atomic E-state index is 0.118. The molecule has 0 saturated carbocycles. The first-order valence-corrected chi connectivity index (χ1v) is 7.68. The Hall–Kier alpha value is -1.13. The lowest BCUT2D eigenvalue weighted by molar-refractivity contribution is 0.100. The first kappa shape index (κ1) is 13.8. The predicted octanol–water partition coefficient (Wildman–Crippen LogP) is 3.61. The zero-order valence-corrected chi connectivity index (χ0v) is 12.7. The normalized spacial score (nSPS) is 20.6. The lowest BCUT2D eigenvalue weighted by Crippen LogP contribution is -2.12. The van der Waals surface area contributed by atoms with Crippen molar-refractivity contribution < 1.29 is 4.74 Å². The van der Waals surface area contributed by atoms with Crippen LogP contribution in [-0.4, -0.2) is 27.2 Å². The van der Waals surface area contributed by atoms with Crippen molar-refractivity contribution in [3.8, 4) is 0 Å². The van der Waals surface area contributed by atoms with Crippen molar-refractivity contribution in [2.45, 2.75) is 51.1 Å². The number of alkyl halides is 1. The van der Waals surface area contributed by atoms with Crippen LogP contribution >= 0.6 is 11.6 Å². The van der Waals surface area contributed by atoms with Gasteiger partial charge in [0.05, 0.1) is 11.5 Å². The molecule has 1 fully saturated rings. The number of nitrogens with zero attached hydrogens (tertiary/aromatic N) is 3. The number of halogens is 1. The van der Waals surface area contributed by atoms with Crippen LogP contribution in [0.4, 0.5) is 0 Å². The highest BCUT2D eigenvalue weighted by Gasteiger charge is 2.20. The van der Waals surface area contributed by atoms with Crippen LogP contribution in [0.2, 0.25) is 0 Å². The average molecular weight is 294 g/mol. The van der Waals surface area contributed by atoms with Crippen LogP contribution in [0.5, 0.6) is 0 Å². The van der Waals surface area contributed by atoms with Crippen molar-refractivity contribution in [3.63, 3.8) is 0 Å². The van der Waals surface area contributed by atoms with Crippen LogP contribution in [0.25, 0.3) is 11.2 Å². The van der Waals surface area contributed by atoms with Gasteiger partial charge >= 0.3 is 0 Å². The molecule has 3 heterocycles. The summed E-state index contributed by atoms with van der Waals surface area (Å²) in [6.45, 7) is 5.78. The number of hydrogen-bond donors (Lipinski definition) is 0. The Labute approximate surface area is 124 Å². The molecule has 4 nitrogen and oxygen atoms in total. The summed E-state index contributed by atoms with van der Waals surface area (Å²) in [5.41, 5.74) is 3.04. The van der Waals surface area contributed by atoms with Crippen LogP contribution in [-0.2, 0) is 11.3 Å². The number of fused-ring (bicyclic) bond motifs is 1. The fourth-order valence-corrected chi connectivity index (χ4v) is 2.99. The number of aromatic nitrogens is 3. The number of pyridine rings is 1. The highest BCUT2D eigenvalue weighted by Crippen LogP contribution is 2.26. The molecular weight excluding hydrogens is 274 g/mol. The van der Waals surface area contributed by atoms with E-state index >= 15 is 0 Å². The van der Waals surface area contributed by atoms with E-state index in [1.165, 1.54) is 6.42 Å². The predicted molar refractivity (Wildman–Crippen MR) is 80.1 cm³/mol. The van der Waals surface area contributed by atoms with Gasteiger partial charge in [0.1, 0.15) is 11.3 Å². The molecular formula is C15H20ClN3O. The van der Waals surface area contributed by atoms with E-state index in [4.69, 9.17) is 16.3 Å². The second-order valence-electron chi connectivity index (χ2n) is 5.46. The van der Waals surface area contributed by atoms with Crippen molar-refractivity contribution >= 4 is 22.8 Å². The van der Waals surface area contributed by atoms with Crippen LogP contribution in [0.1, 0.15) is 43.0 Å². The first-order valence-electron chi connectivity index (χ1n) is 7.24. The first-order chi connectivity index (χ1) is 9.66. The van der Waals surface area contributed by atoms with Gasteiger partial charge in [0.15, 0.2) is 5.65 Å². The van der Waals surface area contributed by atoms with Gasteiger partial charge in [0, 0.05) is 19.3 Å². The Morgan fingerprint density at radius 2 is 2.40 bits per heavy atom. The molecule has 0 aliphatic carbocycles. The summed E-state index contributed by atoms with van der Waals surface area (Å²) in [6.07, 6.45) is 5.54. The molecule has 0 bridgehead atoms. The molecule has 20 heavy (non-hydrogen) atoms. The molecule has 2 atom stereocenters. The minimum Gasteiger partial charge on any atom is -0.378 e. The molecule has 3 rings (SSSR count). The standard InChI is InChI=1S/C15H20ClN3O/c1-10-5-7-17-15-13(10)18-14(11(2)16)19(15)8-6-12-4-3-9-20-12/h5,7,11-12H,3-4,6,8-9H2,1-2H3. The summed E-state index contributed by atoms with van der Waals surface area (Å²) in [5, 5.41) is -0.118. The van der Waals surface area contributed by atoms with E-state index in [0.717, 1.165) is 48.5 Å². The van der Waals surface area contributed by atoms with E-state index in [9.17, 15) is 0 Å². The SMILES string of the molecule is Cc1ccnc2c1nc(C(C)Cl)n2CCC1CCCO1. The largest absolute Gasteiger partial charge is 0.378 e. The van der Waals surface area contributed by atoms with E-state index in [-0.39, 0.29) is 5.38 Å². The molecule has 0 radical (unpaired) electrons. The molecule has 2 unspecified atom stereocenters. The number of aryl methyl sites for hydroxylation is 2. The number of hydrogen-bond acceptors (Lipinski definition) is 3. The maximum absolute atomic E-state index is 6.29. The van der Waals surface area contributed by atoms with Crippen LogP contribution in [0.15, 0.2) is 12.3 Å². The number of imidazole rings is 1. The van der Waals surface area contributed by atoms with Gasteiger partial charge in [0.2, 0.25) is 0 Å². The summed E-state index contributed by atoms with van der Waals surface area (Å²) in [6, 6.07) is 1.99. The number of ether oxygens (including phenoxy) is 1. The summed E-state index contributed by atoms with van der Waals surface area (Å²) in [7, 11) is 0. The molecule has 0 amide bonds. The molecule has 2 aromatic heterocycles. The fourth-order valence-electron chi connectivity index (χ4n) is 2.82. The van der Waals surface area contributed by atoms with Gasteiger partial charge in [-0.15, -0.1) is 11.6 Å². The third kappa shape index (κ3) is 2.54. The second kappa shape index (κ2) is 5.70. The lowest BCUT2D eigenvalue weighted by Gasteiger charge is -2.13. The van der Waals surface area contributed by atoms with Crippen LogP contribution in [0.3, 0.4) is 0 Å². The Bertz CT molecular complexity index is 602. The Morgan fingerprint density at radius 3 is 3.10 bits per heavy atom. The topological polar surface area (TPSA) is 39.9 Å². The smallest absolute Gasteiger partial charge is 0.160 e. The third-order valence-corrected chi connectivity index (χ3v) is 4.11. The Balaban J connectivity index is 1.94. The average Bonchev–Trinajstić information content (AvgIpc) is 3.03. The Morgan fingerprint density at radius 1 is 1.55 bits per heavy atom. The van der Waals surface area contributed by atoms with Crippen molar-refractivity contribution in [2.75, 3.05) is 6.61 Å². The van der Waals surface area contributed by atoms with Crippen molar-refractivity contribution in [2.24, 2.45) is 0 Å². The van der Waals surface area contributed by atoms with Gasteiger partial charge in [-0.25, -0.2) is 9.97 Å². The molecule has 108 valence electrons. The monoisotopic (exact) mass is 293 g/mol. The van der Waals surface area contributed by atoms with Gasteiger partial charge < -0.3 is 9.30 Å². The Kier molecular flexibility index (Phi) is 3.94. The quantitative estimate of drug-likeness (QED) is 0.809. The van der Waals surface area contributed by atoms with Gasteiger partial charge in [-0.2, -0.15) is 0 Å². The summed E-state index contributed by atoms with van der Waals surface area (Å²) in [4.78, 5) is 9.18. The van der Waals surface area contributed by atoms with E-state index in [2.05, 4.69) is 21.5 Å². The molecule has 1 aliphatic rings. The van der Waals surface area contributed by atoms with Gasteiger partial charge in [0.25, 0.3) is 0 Å². The fraction of sp³-hybridized carbons (Fsp3) is 0.600. The molecule has 0 N–H and O–H groups in total. The summed E-state index contributed by atoms with van der Waals surface area (Å²) < 4.78 is 7.85. The van der Waals surface area contributed by atoms with E-state index < -0.39 is 0 Å². The van der Waals surface area contributed by atoms with Crippen molar-refractivity contribution in [1.82, 2.24) is 14.5 Å². The van der Waals surface area contributed by atoms with Gasteiger partial charge in [-0.1, -0.05) is 0 Å². The maximum atomic E-state index is 6.29. The van der Waals surface area contributed by atoms with E-state index in [1.54, 1.807) is 0 Å². The molecule has 2 aromatic rings. The molecule has 0 spiro atoms. The highest BCUT2D eigenvalue weighted by molar-refractivity contribution is 6.20. The molecule has 0 aromatic carbocycles. The second-order valence-corrected chi connectivity index (χ2v) is 6.12. The molecule has 5 heteroatoms. The summed E-state index contributed by atoms with van der Waals surface area (Å²) >= 11 is 6.29. The van der Waals surface area contributed by atoms with Crippen LogP contribution < -0.4 is 0 Å². The lowest BCUT2D eigenvalue weighted by atomic mass is 10.2. The van der Waals surface area contributed by atoms with Gasteiger partial charge in [-0.05, 0) is 44.7 Å². The van der Waals surface area contributed by atoms with Crippen LogP contribution in [0, 0.1) is 6.92 Å². The zero-order valence-electron chi connectivity index (χ0n) is 12.0. The minimum atomic E-state index is -0.118. The zero-order chi connectivity index (χ0) is 14.1. The van der Waals surface area contributed by atoms with E-state index in [0.29, 0.717) is 6.10 Å². The summed E-state index contributed by atoms with van der Waals surface area (Å²) in [5.74, 6) is 0.904. The third-order valence-electron chi connectivity index (χ3n) is 3.92. The highest BCUT2D eigenvalue weighted by atomic mass is 35.5. The van der Waals surface area contributed by atoms with Gasteiger partial charge in [-0.3, -0.25) is 0 Å². The van der Waals surface area contributed by atoms with Crippen molar-refractivity contribution in [1.29, 1.82) is 0 Å². The van der Waals surface area contributed by atoms with Crippen molar-refractivity contribution in [3.05, 3.63) is 23.7 Å². The molecule has 1 saturated heterocycles.